The first-order valence-electron chi connectivity index (χ1n) is 7.97. The molecule has 0 aliphatic carbocycles. The Morgan fingerprint density at radius 1 is 1.12 bits per heavy atom. The minimum absolute atomic E-state index is 0.296. The van der Waals surface area contributed by atoms with Gasteiger partial charge >= 0.3 is 6.03 Å². The lowest BCUT2D eigenvalue weighted by molar-refractivity contribution is 0.262. The number of carbonyl (C=O) groups is 1. The summed E-state index contributed by atoms with van der Waals surface area (Å²) in [6.45, 7) is 4.52. The quantitative estimate of drug-likeness (QED) is 0.666. The molecule has 2 N–H and O–H groups in total. The predicted octanol–water partition coefficient (Wildman–Crippen LogP) is 5.16. The van der Waals surface area contributed by atoms with Gasteiger partial charge in [0.2, 0.25) is 0 Å². The average Bonchev–Trinajstić information content (AvgIpc) is 3.04. The topological polar surface area (TPSA) is 63.2 Å². The molecule has 5 nitrogen and oxygen atoms in total. The molecular weight excluding hydrogens is 334 g/mol. The third-order valence-corrected chi connectivity index (χ3v) is 4.23. The minimum Gasteiger partial charge on any atom is -0.494 e. The minimum atomic E-state index is -0.296. The lowest BCUT2D eigenvalue weighted by Crippen LogP contribution is -2.19. The van der Waals surface area contributed by atoms with E-state index in [1.807, 2.05) is 55.6 Å². The zero-order chi connectivity index (χ0) is 17.6. The summed E-state index contributed by atoms with van der Waals surface area (Å²) in [6.07, 6.45) is 0. The number of ether oxygens (including phenoxy) is 1. The lowest BCUT2D eigenvalue weighted by atomic mass is 10.1. The molecule has 2 amide bonds. The second-order valence-corrected chi connectivity index (χ2v) is 6.43. The largest absolute Gasteiger partial charge is 0.494 e. The summed E-state index contributed by atoms with van der Waals surface area (Å²) in [5.74, 6) is 0.778. The SMILES string of the molecule is CCOc1ccc(NC(=O)Nc2cccc(-c3csc(C)n3)c2)cc1. The first kappa shape index (κ1) is 17.0. The number of aromatic nitrogens is 1. The Morgan fingerprint density at radius 3 is 2.56 bits per heavy atom. The molecule has 1 heterocycles. The van der Waals surface area contributed by atoms with E-state index in [-0.39, 0.29) is 6.03 Å². The van der Waals surface area contributed by atoms with E-state index in [1.165, 1.54) is 0 Å². The van der Waals surface area contributed by atoms with Crippen molar-refractivity contribution < 1.29 is 9.53 Å². The van der Waals surface area contributed by atoms with E-state index in [0.29, 0.717) is 18.0 Å². The summed E-state index contributed by atoms with van der Waals surface area (Å²) in [5.41, 5.74) is 3.31. The molecule has 0 fully saturated rings. The molecule has 0 atom stereocenters. The first-order valence-corrected chi connectivity index (χ1v) is 8.85. The highest BCUT2D eigenvalue weighted by molar-refractivity contribution is 7.09. The zero-order valence-electron chi connectivity index (χ0n) is 14.1. The summed E-state index contributed by atoms with van der Waals surface area (Å²) < 4.78 is 5.38. The van der Waals surface area contributed by atoms with Crippen molar-refractivity contribution in [3.63, 3.8) is 0 Å². The van der Waals surface area contributed by atoms with Crippen molar-refractivity contribution in [3.05, 3.63) is 58.9 Å². The van der Waals surface area contributed by atoms with Crippen molar-refractivity contribution in [1.82, 2.24) is 4.98 Å². The van der Waals surface area contributed by atoms with Gasteiger partial charge in [0.1, 0.15) is 5.75 Å². The molecule has 3 rings (SSSR count). The van der Waals surface area contributed by atoms with Gasteiger partial charge in [-0.1, -0.05) is 12.1 Å². The highest BCUT2D eigenvalue weighted by atomic mass is 32.1. The summed E-state index contributed by atoms with van der Waals surface area (Å²) in [7, 11) is 0. The van der Waals surface area contributed by atoms with Gasteiger partial charge in [0.15, 0.2) is 0 Å². The molecule has 2 aromatic carbocycles. The van der Waals surface area contributed by atoms with Crippen LogP contribution in [0.25, 0.3) is 11.3 Å². The molecule has 0 spiro atoms. The third kappa shape index (κ3) is 4.58. The second kappa shape index (κ2) is 7.81. The molecule has 0 radical (unpaired) electrons. The van der Waals surface area contributed by atoms with E-state index < -0.39 is 0 Å². The molecule has 0 aliphatic rings. The van der Waals surface area contributed by atoms with E-state index >= 15 is 0 Å². The molecule has 0 saturated carbocycles. The van der Waals surface area contributed by atoms with Crippen molar-refractivity contribution >= 4 is 28.7 Å². The van der Waals surface area contributed by atoms with Crippen LogP contribution in [0.5, 0.6) is 5.75 Å². The Kier molecular flexibility index (Phi) is 5.30. The number of anilines is 2. The Balaban J connectivity index is 1.64. The van der Waals surface area contributed by atoms with Crippen LogP contribution in [0.4, 0.5) is 16.2 Å². The van der Waals surface area contributed by atoms with Crippen LogP contribution < -0.4 is 15.4 Å². The van der Waals surface area contributed by atoms with E-state index in [0.717, 1.165) is 22.0 Å². The maximum absolute atomic E-state index is 12.2. The van der Waals surface area contributed by atoms with Crippen LogP contribution in [-0.4, -0.2) is 17.6 Å². The van der Waals surface area contributed by atoms with Crippen LogP contribution in [0.15, 0.2) is 53.9 Å². The normalized spacial score (nSPS) is 10.3. The molecule has 1 aromatic heterocycles. The van der Waals surface area contributed by atoms with Gasteiger partial charge in [0.05, 0.1) is 17.3 Å². The van der Waals surface area contributed by atoms with Gasteiger partial charge in [-0.3, -0.25) is 0 Å². The van der Waals surface area contributed by atoms with Gasteiger partial charge in [0.25, 0.3) is 0 Å². The molecule has 0 bridgehead atoms. The number of amides is 2. The average molecular weight is 353 g/mol. The zero-order valence-corrected chi connectivity index (χ0v) is 14.9. The van der Waals surface area contributed by atoms with Crippen molar-refractivity contribution in [1.29, 1.82) is 0 Å². The van der Waals surface area contributed by atoms with E-state index in [1.54, 1.807) is 23.5 Å². The summed E-state index contributed by atoms with van der Waals surface area (Å²) >= 11 is 1.60. The molecule has 0 aliphatic heterocycles. The monoisotopic (exact) mass is 353 g/mol. The van der Waals surface area contributed by atoms with Gasteiger partial charge in [0, 0.05) is 22.3 Å². The van der Waals surface area contributed by atoms with Crippen LogP contribution in [0.1, 0.15) is 11.9 Å². The predicted molar refractivity (Wildman–Crippen MR) is 103 cm³/mol. The van der Waals surface area contributed by atoms with Crippen LogP contribution in [0.3, 0.4) is 0 Å². The number of rotatable bonds is 5. The second-order valence-electron chi connectivity index (χ2n) is 5.37. The Labute approximate surface area is 150 Å². The number of carbonyl (C=O) groups excluding carboxylic acids is 1. The van der Waals surface area contributed by atoms with Crippen LogP contribution in [0.2, 0.25) is 0 Å². The Hall–Kier alpha value is -2.86. The Bertz CT molecular complexity index is 859. The summed E-state index contributed by atoms with van der Waals surface area (Å²) in [6, 6.07) is 14.6. The third-order valence-electron chi connectivity index (χ3n) is 3.46. The first-order chi connectivity index (χ1) is 12.1. The molecule has 0 unspecified atom stereocenters. The smallest absolute Gasteiger partial charge is 0.323 e. The van der Waals surface area contributed by atoms with Crippen LogP contribution >= 0.6 is 11.3 Å². The van der Waals surface area contributed by atoms with E-state index in [2.05, 4.69) is 15.6 Å². The number of thiazole rings is 1. The number of nitrogens with one attached hydrogen (secondary N) is 2. The number of aryl methyl sites for hydroxylation is 1. The molecule has 3 aromatic rings. The molecule has 0 saturated heterocycles. The van der Waals surface area contributed by atoms with Gasteiger partial charge in [-0.25, -0.2) is 9.78 Å². The van der Waals surface area contributed by atoms with Crippen molar-refractivity contribution in [2.75, 3.05) is 17.2 Å². The molecular formula is C19H19N3O2S. The summed E-state index contributed by atoms with van der Waals surface area (Å²) in [4.78, 5) is 16.6. The maximum atomic E-state index is 12.2. The highest BCUT2D eigenvalue weighted by Gasteiger charge is 2.06. The number of urea groups is 1. The van der Waals surface area contributed by atoms with E-state index in [9.17, 15) is 4.79 Å². The van der Waals surface area contributed by atoms with Gasteiger partial charge in [-0.05, 0) is 50.2 Å². The number of benzene rings is 2. The highest BCUT2D eigenvalue weighted by Crippen LogP contribution is 2.24. The maximum Gasteiger partial charge on any atom is 0.323 e. The van der Waals surface area contributed by atoms with Crippen molar-refractivity contribution in [3.8, 4) is 17.0 Å². The fraction of sp³-hybridized carbons (Fsp3) is 0.158. The number of hydrogen-bond acceptors (Lipinski definition) is 4. The van der Waals surface area contributed by atoms with Crippen molar-refractivity contribution in [2.45, 2.75) is 13.8 Å². The van der Waals surface area contributed by atoms with Gasteiger partial charge in [-0.2, -0.15) is 0 Å². The lowest BCUT2D eigenvalue weighted by Gasteiger charge is -2.09. The fourth-order valence-corrected chi connectivity index (χ4v) is 2.97. The molecule has 128 valence electrons. The number of hydrogen-bond donors (Lipinski definition) is 2. The van der Waals surface area contributed by atoms with Gasteiger partial charge < -0.3 is 15.4 Å². The number of nitrogens with zero attached hydrogens (tertiary/aromatic N) is 1. The molecule has 6 heteroatoms. The Morgan fingerprint density at radius 2 is 1.88 bits per heavy atom. The van der Waals surface area contributed by atoms with E-state index in [4.69, 9.17) is 4.74 Å². The molecule has 25 heavy (non-hydrogen) atoms. The summed E-state index contributed by atoms with van der Waals surface area (Å²) in [5, 5.41) is 8.67. The van der Waals surface area contributed by atoms with Crippen molar-refractivity contribution in [2.24, 2.45) is 0 Å². The van der Waals surface area contributed by atoms with Gasteiger partial charge in [-0.15, -0.1) is 11.3 Å². The van der Waals surface area contributed by atoms with Crippen LogP contribution in [-0.2, 0) is 0 Å². The van der Waals surface area contributed by atoms with Crippen LogP contribution in [0, 0.1) is 6.92 Å². The standard InChI is InChI=1S/C19H19N3O2S/c1-3-24-17-9-7-15(8-10-17)21-19(23)22-16-6-4-5-14(11-16)18-12-25-13(2)20-18/h4-12H,3H2,1-2H3,(H2,21,22,23). The fourth-order valence-electron chi connectivity index (χ4n) is 2.35.